The van der Waals surface area contributed by atoms with Gasteiger partial charge in [0.1, 0.15) is 17.2 Å². The second-order valence-electron chi connectivity index (χ2n) is 5.26. The van der Waals surface area contributed by atoms with E-state index < -0.39 is 17.2 Å². The maximum Gasteiger partial charge on any atom is 0.220 e. The van der Waals surface area contributed by atoms with E-state index >= 15 is 0 Å². The Morgan fingerprint density at radius 3 is 2.82 bits per heavy atom. The number of hydrogen-bond donors (Lipinski definition) is 2. The Labute approximate surface area is 131 Å². The summed E-state index contributed by atoms with van der Waals surface area (Å²) in [5.74, 6) is -1.38. The largest absolute Gasteiger partial charge is 0.383 e. The van der Waals surface area contributed by atoms with Crippen molar-refractivity contribution < 1.29 is 18.7 Å². The molecule has 0 aliphatic rings. The summed E-state index contributed by atoms with van der Waals surface area (Å²) < 4.78 is 26.5. The van der Waals surface area contributed by atoms with Gasteiger partial charge in [0.25, 0.3) is 0 Å². The molecule has 1 atom stereocenters. The molecule has 1 amide bonds. The standard InChI is InChI=1S/C16H17F2NO2S/c1-16(21,14-3-2-8-22-14)10-19-15(20)7-4-11-9-12(17)5-6-13(11)18/h2-3,5-6,8-9,21H,4,7,10H2,1H3,(H,19,20). The van der Waals surface area contributed by atoms with Gasteiger partial charge in [-0.2, -0.15) is 0 Å². The van der Waals surface area contributed by atoms with E-state index in [0.29, 0.717) is 0 Å². The van der Waals surface area contributed by atoms with Gasteiger partial charge in [-0.3, -0.25) is 4.79 Å². The lowest BCUT2D eigenvalue weighted by Crippen LogP contribution is -2.38. The highest BCUT2D eigenvalue weighted by Gasteiger charge is 2.24. The summed E-state index contributed by atoms with van der Waals surface area (Å²) >= 11 is 1.40. The van der Waals surface area contributed by atoms with E-state index in [-0.39, 0.29) is 30.9 Å². The summed E-state index contributed by atoms with van der Waals surface area (Å²) in [5, 5.41) is 14.7. The lowest BCUT2D eigenvalue weighted by Gasteiger charge is -2.22. The van der Waals surface area contributed by atoms with Crippen molar-refractivity contribution in [3.63, 3.8) is 0 Å². The second kappa shape index (κ2) is 6.98. The Morgan fingerprint density at radius 1 is 1.36 bits per heavy atom. The Balaban J connectivity index is 1.85. The van der Waals surface area contributed by atoms with Gasteiger partial charge in [-0.1, -0.05) is 6.07 Å². The molecule has 0 aliphatic heterocycles. The molecule has 1 heterocycles. The molecule has 0 saturated carbocycles. The van der Waals surface area contributed by atoms with Crippen molar-refractivity contribution in [2.75, 3.05) is 6.54 Å². The molecule has 1 aromatic carbocycles. The molecule has 2 N–H and O–H groups in total. The van der Waals surface area contributed by atoms with Crippen LogP contribution in [0.25, 0.3) is 0 Å². The van der Waals surface area contributed by atoms with E-state index in [1.165, 1.54) is 11.3 Å². The highest BCUT2D eigenvalue weighted by molar-refractivity contribution is 7.10. The smallest absolute Gasteiger partial charge is 0.220 e. The van der Waals surface area contributed by atoms with Gasteiger partial charge in [0.05, 0.1) is 6.54 Å². The number of rotatable bonds is 6. The lowest BCUT2D eigenvalue weighted by molar-refractivity contribution is -0.122. The monoisotopic (exact) mass is 325 g/mol. The Bertz CT molecular complexity index is 642. The average molecular weight is 325 g/mol. The lowest BCUT2D eigenvalue weighted by atomic mass is 10.0. The third kappa shape index (κ3) is 4.35. The Hall–Kier alpha value is -1.79. The predicted molar refractivity (Wildman–Crippen MR) is 81.6 cm³/mol. The normalized spacial score (nSPS) is 13.6. The van der Waals surface area contributed by atoms with Crippen molar-refractivity contribution in [3.8, 4) is 0 Å². The number of halogens is 2. The van der Waals surface area contributed by atoms with Crippen LogP contribution in [0.1, 0.15) is 23.8 Å². The van der Waals surface area contributed by atoms with Crippen molar-refractivity contribution in [2.45, 2.75) is 25.4 Å². The van der Waals surface area contributed by atoms with Crippen LogP contribution in [0.2, 0.25) is 0 Å². The van der Waals surface area contributed by atoms with Gasteiger partial charge in [-0.15, -0.1) is 11.3 Å². The van der Waals surface area contributed by atoms with Crippen molar-refractivity contribution in [1.29, 1.82) is 0 Å². The van der Waals surface area contributed by atoms with Crippen LogP contribution < -0.4 is 5.32 Å². The highest BCUT2D eigenvalue weighted by Crippen LogP contribution is 2.24. The Kier molecular flexibility index (Phi) is 5.26. The molecule has 2 rings (SSSR count). The van der Waals surface area contributed by atoms with Gasteiger partial charge in [0.15, 0.2) is 0 Å². The number of amides is 1. The molecule has 1 aromatic heterocycles. The summed E-state index contributed by atoms with van der Waals surface area (Å²) in [4.78, 5) is 12.5. The number of aliphatic hydroxyl groups is 1. The van der Waals surface area contributed by atoms with Crippen molar-refractivity contribution in [2.24, 2.45) is 0 Å². The van der Waals surface area contributed by atoms with Crippen LogP contribution in [0, 0.1) is 11.6 Å². The van der Waals surface area contributed by atoms with Crippen molar-refractivity contribution >= 4 is 17.2 Å². The van der Waals surface area contributed by atoms with Crippen LogP contribution in [-0.2, 0) is 16.8 Å². The van der Waals surface area contributed by atoms with Gasteiger partial charge in [0, 0.05) is 11.3 Å². The molecule has 1 unspecified atom stereocenters. The molecule has 0 saturated heterocycles. The van der Waals surface area contributed by atoms with Gasteiger partial charge in [0.2, 0.25) is 5.91 Å². The fourth-order valence-electron chi connectivity index (χ4n) is 2.01. The molecule has 0 spiro atoms. The third-order valence-corrected chi connectivity index (χ3v) is 4.43. The van der Waals surface area contributed by atoms with Crippen molar-refractivity contribution in [1.82, 2.24) is 5.32 Å². The third-order valence-electron chi connectivity index (χ3n) is 3.31. The quantitative estimate of drug-likeness (QED) is 0.858. The van der Waals surface area contributed by atoms with E-state index in [2.05, 4.69) is 5.32 Å². The fraction of sp³-hybridized carbons (Fsp3) is 0.312. The first kappa shape index (κ1) is 16.6. The summed E-state index contributed by atoms with van der Waals surface area (Å²) in [6, 6.07) is 6.79. The minimum Gasteiger partial charge on any atom is -0.383 e. The van der Waals surface area contributed by atoms with Crippen LogP contribution in [0.5, 0.6) is 0 Å². The molecular formula is C16H17F2NO2S. The van der Waals surface area contributed by atoms with Crippen LogP contribution in [0.4, 0.5) is 8.78 Å². The van der Waals surface area contributed by atoms with E-state index in [4.69, 9.17) is 0 Å². The van der Waals surface area contributed by atoms with Crippen LogP contribution in [0.15, 0.2) is 35.7 Å². The topological polar surface area (TPSA) is 49.3 Å². The summed E-state index contributed by atoms with van der Waals surface area (Å²) in [7, 11) is 0. The van der Waals surface area contributed by atoms with Gasteiger partial charge in [-0.25, -0.2) is 8.78 Å². The van der Waals surface area contributed by atoms with Crippen LogP contribution in [0.3, 0.4) is 0 Å². The first-order valence-electron chi connectivity index (χ1n) is 6.85. The number of aryl methyl sites for hydroxylation is 1. The SMILES string of the molecule is CC(O)(CNC(=O)CCc1cc(F)ccc1F)c1cccs1. The number of carbonyl (C=O) groups excluding carboxylic acids is 1. The van der Waals surface area contributed by atoms with Crippen LogP contribution in [-0.4, -0.2) is 17.6 Å². The zero-order valence-electron chi connectivity index (χ0n) is 12.1. The molecule has 0 aliphatic carbocycles. The second-order valence-corrected chi connectivity index (χ2v) is 6.21. The molecule has 2 aromatic rings. The zero-order chi connectivity index (χ0) is 16.2. The minimum atomic E-state index is -1.14. The maximum absolute atomic E-state index is 13.4. The van der Waals surface area contributed by atoms with E-state index in [1.54, 1.807) is 13.0 Å². The highest BCUT2D eigenvalue weighted by atomic mass is 32.1. The van der Waals surface area contributed by atoms with Gasteiger partial charge < -0.3 is 10.4 Å². The molecule has 22 heavy (non-hydrogen) atoms. The summed E-state index contributed by atoms with van der Waals surface area (Å²) in [6.45, 7) is 1.68. The molecule has 6 heteroatoms. The summed E-state index contributed by atoms with van der Waals surface area (Å²) in [5.41, 5.74) is -0.978. The first-order chi connectivity index (χ1) is 10.4. The molecule has 0 fully saturated rings. The van der Waals surface area contributed by atoms with Crippen molar-refractivity contribution in [3.05, 3.63) is 57.8 Å². The number of nitrogens with one attached hydrogen (secondary N) is 1. The number of thiophene rings is 1. The van der Waals surface area contributed by atoms with E-state index in [1.807, 2.05) is 11.4 Å². The Morgan fingerprint density at radius 2 is 2.14 bits per heavy atom. The number of carbonyl (C=O) groups is 1. The predicted octanol–water partition coefficient (Wildman–Crippen LogP) is 2.98. The number of benzene rings is 1. The molecular weight excluding hydrogens is 308 g/mol. The molecule has 0 bridgehead atoms. The maximum atomic E-state index is 13.4. The molecule has 0 radical (unpaired) electrons. The molecule has 3 nitrogen and oxygen atoms in total. The zero-order valence-corrected chi connectivity index (χ0v) is 12.9. The first-order valence-corrected chi connectivity index (χ1v) is 7.73. The summed E-state index contributed by atoms with van der Waals surface area (Å²) in [6.07, 6.45) is 0.136. The molecule has 118 valence electrons. The minimum absolute atomic E-state index is 0.0287. The average Bonchev–Trinajstić information content (AvgIpc) is 3.01. The number of hydrogen-bond acceptors (Lipinski definition) is 3. The van der Waals surface area contributed by atoms with Gasteiger partial charge in [-0.05, 0) is 48.6 Å². The van der Waals surface area contributed by atoms with E-state index in [9.17, 15) is 18.7 Å². The fourth-order valence-corrected chi connectivity index (χ4v) is 2.80. The van der Waals surface area contributed by atoms with Gasteiger partial charge >= 0.3 is 0 Å². The van der Waals surface area contributed by atoms with E-state index in [0.717, 1.165) is 23.1 Å². The van der Waals surface area contributed by atoms with Crippen LogP contribution >= 0.6 is 11.3 Å².